The summed E-state index contributed by atoms with van der Waals surface area (Å²) in [5, 5.41) is 1.95. The van der Waals surface area contributed by atoms with Gasteiger partial charge in [-0.3, -0.25) is 4.79 Å². The van der Waals surface area contributed by atoms with Gasteiger partial charge in [0.2, 0.25) is 12.1 Å². The van der Waals surface area contributed by atoms with E-state index in [2.05, 4.69) is 0 Å². The molecule has 0 saturated heterocycles. The zero-order valence-corrected chi connectivity index (χ0v) is 7.15. The Morgan fingerprint density at radius 3 is 2.80 bits per heavy atom. The lowest BCUT2D eigenvalue weighted by Crippen LogP contribution is -3.00. The van der Waals surface area contributed by atoms with Crippen LogP contribution in [0, 0.1) is 0 Å². The minimum absolute atomic E-state index is 0. The monoisotopic (exact) mass is 177 g/mol. The molecule has 0 atom stereocenters. The summed E-state index contributed by atoms with van der Waals surface area (Å²) in [6, 6.07) is 0. The predicted octanol–water partition coefficient (Wildman–Crippen LogP) is -2.37. The fourth-order valence-electron chi connectivity index (χ4n) is 0.609. The van der Waals surface area contributed by atoms with Gasteiger partial charge in [-0.2, -0.15) is 4.57 Å². The van der Waals surface area contributed by atoms with Crippen LogP contribution in [0.1, 0.15) is 6.92 Å². The van der Waals surface area contributed by atoms with Crippen LogP contribution in [-0.4, -0.2) is 5.78 Å². The minimum Gasteiger partial charge on any atom is -1.00 e. The van der Waals surface area contributed by atoms with E-state index in [0.717, 1.165) is 0 Å². The van der Waals surface area contributed by atoms with E-state index < -0.39 is 0 Å². The van der Waals surface area contributed by atoms with E-state index >= 15 is 0 Å². The van der Waals surface area contributed by atoms with Crippen LogP contribution < -0.4 is 17.0 Å². The molecule has 0 radical (unpaired) electrons. The molecule has 10 heavy (non-hydrogen) atoms. The molecule has 1 aromatic rings. The van der Waals surface area contributed by atoms with Crippen LogP contribution >= 0.6 is 11.3 Å². The van der Waals surface area contributed by atoms with Gasteiger partial charge >= 0.3 is 0 Å². The van der Waals surface area contributed by atoms with Gasteiger partial charge in [0, 0.05) is 6.92 Å². The number of hydrogen-bond acceptors (Lipinski definition) is 2. The summed E-state index contributed by atoms with van der Waals surface area (Å²) in [7, 11) is 0. The molecule has 0 amide bonds. The molecule has 0 aromatic carbocycles. The molecule has 0 aliphatic rings. The molecule has 56 valence electrons. The van der Waals surface area contributed by atoms with Gasteiger partial charge in [0.1, 0.15) is 0 Å². The standard InChI is InChI=1S/C6H8NOS.ClH/c1-6(8)4-7-2-3-9-5-7;/h2-3,5H,4H2,1H3;1H/q+1;/p-1. The zero-order chi connectivity index (χ0) is 6.69. The maximum atomic E-state index is 10.5. The maximum absolute atomic E-state index is 10.5. The second-order valence-electron chi connectivity index (χ2n) is 1.90. The van der Waals surface area contributed by atoms with Crippen molar-refractivity contribution in [1.82, 2.24) is 0 Å². The van der Waals surface area contributed by atoms with Crippen molar-refractivity contribution in [2.45, 2.75) is 13.5 Å². The van der Waals surface area contributed by atoms with Gasteiger partial charge in [0.25, 0.3) is 0 Å². The van der Waals surface area contributed by atoms with Gasteiger partial charge in [-0.1, -0.05) is 11.3 Å². The van der Waals surface area contributed by atoms with E-state index in [1.54, 1.807) is 18.3 Å². The van der Waals surface area contributed by atoms with Gasteiger partial charge in [-0.15, -0.1) is 0 Å². The molecular formula is C6H8ClNOS. The average molecular weight is 178 g/mol. The SMILES string of the molecule is CC(=O)C[n+]1ccsc1.[Cl-]. The first-order valence-corrected chi connectivity index (χ1v) is 3.64. The fraction of sp³-hybridized carbons (Fsp3) is 0.333. The summed E-state index contributed by atoms with van der Waals surface area (Å²) < 4.78 is 1.87. The van der Waals surface area contributed by atoms with E-state index in [1.165, 1.54) is 0 Å². The summed E-state index contributed by atoms with van der Waals surface area (Å²) in [6.45, 7) is 2.09. The van der Waals surface area contributed by atoms with Gasteiger partial charge < -0.3 is 12.4 Å². The van der Waals surface area contributed by atoms with Crippen molar-refractivity contribution in [2.75, 3.05) is 0 Å². The number of rotatable bonds is 2. The lowest BCUT2D eigenvalue weighted by atomic mass is 10.4. The number of hydrogen-bond donors (Lipinski definition) is 0. The van der Waals surface area contributed by atoms with Gasteiger partial charge in [0.15, 0.2) is 12.0 Å². The number of Topliss-reactive ketones (excluding diaryl/α,β-unsaturated/α-hetero) is 1. The van der Waals surface area contributed by atoms with Crippen LogP contribution in [0.5, 0.6) is 0 Å². The van der Waals surface area contributed by atoms with Crippen molar-refractivity contribution in [1.29, 1.82) is 0 Å². The highest BCUT2D eigenvalue weighted by Crippen LogP contribution is 1.86. The molecule has 0 aliphatic carbocycles. The molecule has 2 nitrogen and oxygen atoms in total. The summed E-state index contributed by atoms with van der Waals surface area (Å²) in [4.78, 5) is 10.5. The zero-order valence-electron chi connectivity index (χ0n) is 5.58. The molecule has 4 heteroatoms. The van der Waals surface area contributed by atoms with E-state index in [1.807, 2.05) is 21.7 Å². The van der Waals surface area contributed by atoms with E-state index in [-0.39, 0.29) is 18.2 Å². The number of carbonyl (C=O) groups excluding carboxylic acids is 1. The molecule has 1 rings (SSSR count). The highest BCUT2D eigenvalue weighted by Gasteiger charge is 2.01. The Labute approximate surface area is 69.9 Å². The molecule has 0 aliphatic heterocycles. The first-order valence-electron chi connectivity index (χ1n) is 2.70. The Bertz CT molecular complexity index is 198. The molecule has 0 bridgehead atoms. The molecule has 0 unspecified atom stereocenters. The van der Waals surface area contributed by atoms with Crippen molar-refractivity contribution >= 4 is 17.1 Å². The summed E-state index contributed by atoms with van der Waals surface area (Å²) in [6.07, 6.45) is 1.89. The first-order chi connectivity index (χ1) is 4.29. The van der Waals surface area contributed by atoms with Crippen LogP contribution in [-0.2, 0) is 11.3 Å². The van der Waals surface area contributed by atoms with Crippen molar-refractivity contribution in [3.05, 3.63) is 17.1 Å². The predicted molar refractivity (Wildman–Crippen MR) is 35.2 cm³/mol. The number of carbonyl (C=O) groups is 1. The third-order valence-electron chi connectivity index (χ3n) is 0.932. The number of ketones is 1. The smallest absolute Gasteiger partial charge is 0.225 e. The van der Waals surface area contributed by atoms with Crippen molar-refractivity contribution in [3.8, 4) is 0 Å². The molecule has 1 heterocycles. The Balaban J connectivity index is 0.000000810. The largest absolute Gasteiger partial charge is 1.00 e. The number of nitrogens with zero attached hydrogens (tertiary/aromatic N) is 1. The van der Waals surface area contributed by atoms with Gasteiger partial charge in [0.05, 0.1) is 5.38 Å². The van der Waals surface area contributed by atoms with Crippen LogP contribution in [0.4, 0.5) is 0 Å². The van der Waals surface area contributed by atoms with Crippen LogP contribution in [0.15, 0.2) is 17.1 Å². The van der Waals surface area contributed by atoms with Gasteiger partial charge in [-0.25, -0.2) is 0 Å². The third kappa shape index (κ3) is 2.94. The molecular weight excluding hydrogens is 170 g/mol. The Kier molecular flexibility index (Phi) is 4.23. The number of halogens is 1. The third-order valence-corrected chi connectivity index (χ3v) is 1.60. The molecule has 0 fully saturated rings. The number of aromatic nitrogens is 1. The molecule has 0 saturated carbocycles. The number of thiazole rings is 1. The van der Waals surface area contributed by atoms with E-state index in [4.69, 9.17) is 0 Å². The summed E-state index contributed by atoms with van der Waals surface area (Å²) >= 11 is 1.59. The second-order valence-corrected chi connectivity index (χ2v) is 2.66. The van der Waals surface area contributed by atoms with Crippen LogP contribution in [0.25, 0.3) is 0 Å². The van der Waals surface area contributed by atoms with Crippen LogP contribution in [0.3, 0.4) is 0 Å². The highest BCUT2D eigenvalue weighted by atomic mass is 35.5. The lowest BCUT2D eigenvalue weighted by molar-refractivity contribution is -0.679. The maximum Gasteiger partial charge on any atom is 0.225 e. The van der Waals surface area contributed by atoms with Gasteiger partial charge in [-0.05, 0) is 0 Å². The first kappa shape index (κ1) is 9.59. The second kappa shape index (κ2) is 4.41. The Hall–Kier alpha value is -0.410. The van der Waals surface area contributed by atoms with Crippen LogP contribution in [0.2, 0.25) is 0 Å². The topological polar surface area (TPSA) is 20.9 Å². The molecule has 0 spiro atoms. The lowest BCUT2D eigenvalue weighted by Gasteiger charge is -1.82. The quantitative estimate of drug-likeness (QED) is 0.463. The average Bonchev–Trinajstić information content (AvgIpc) is 2.15. The molecule has 1 aromatic heterocycles. The minimum atomic E-state index is 0. The summed E-state index contributed by atoms with van der Waals surface area (Å²) in [5.74, 6) is 0.193. The van der Waals surface area contributed by atoms with E-state index in [0.29, 0.717) is 6.54 Å². The Morgan fingerprint density at radius 1 is 1.70 bits per heavy atom. The van der Waals surface area contributed by atoms with E-state index in [9.17, 15) is 4.79 Å². The molecule has 0 N–H and O–H groups in total. The fourth-order valence-corrected chi connectivity index (χ4v) is 1.21. The normalized spacial score (nSPS) is 8.50. The van der Waals surface area contributed by atoms with Crippen molar-refractivity contribution < 1.29 is 21.8 Å². The highest BCUT2D eigenvalue weighted by molar-refractivity contribution is 7.07. The van der Waals surface area contributed by atoms with Crippen molar-refractivity contribution in [3.63, 3.8) is 0 Å². The summed E-state index contributed by atoms with van der Waals surface area (Å²) in [5.41, 5.74) is 1.92. The van der Waals surface area contributed by atoms with Crippen molar-refractivity contribution in [2.24, 2.45) is 0 Å². The Morgan fingerprint density at radius 2 is 2.40 bits per heavy atom.